The lowest BCUT2D eigenvalue weighted by Gasteiger charge is -2.25. The number of urea groups is 1. The molecule has 0 aromatic rings. The number of ether oxygens (including phenoxy) is 1. The molecular weight excluding hydrogens is 401 g/mol. The van der Waals surface area contributed by atoms with Crippen molar-refractivity contribution in [1.29, 1.82) is 0 Å². The van der Waals surface area contributed by atoms with Gasteiger partial charge in [0.2, 0.25) is 5.91 Å². The zero-order valence-corrected chi connectivity index (χ0v) is 15.3. The first-order valence-electron chi connectivity index (χ1n) is 7.19. The van der Waals surface area contributed by atoms with Gasteiger partial charge in [-0.3, -0.25) is 14.7 Å². The SMILES string of the molecule is CN=C(NCCN1C(=O)CNC1=O)N(C)CC1CCOC1.I. The van der Waals surface area contributed by atoms with Crippen LogP contribution in [0.1, 0.15) is 6.42 Å². The van der Waals surface area contributed by atoms with Crippen LogP contribution in [0, 0.1) is 5.92 Å². The van der Waals surface area contributed by atoms with Crippen LogP contribution in [-0.4, -0.2) is 81.2 Å². The highest BCUT2D eigenvalue weighted by Crippen LogP contribution is 2.13. The van der Waals surface area contributed by atoms with Crippen LogP contribution >= 0.6 is 24.0 Å². The minimum atomic E-state index is -0.326. The Morgan fingerprint density at radius 3 is 2.86 bits per heavy atom. The number of imide groups is 1. The number of guanidine groups is 1. The highest BCUT2D eigenvalue weighted by Gasteiger charge is 2.27. The second-order valence-electron chi connectivity index (χ2n) is 5.29. The third-order valence-electron chi connectivity index (χ3n) is 3.68. The summed E-state index contributed by atoms with van der Waals surface area (Å²) in [4.78, 5) is 30.3. The number of nitrogens with zero attached hydrogens (tertiary/aromatic N) is 3. The van der Waals surface area contributed by atoms with Crippen LogP contribution < -0.4 is 10.6 Å². The molecule has 0 aromatic heterocycles. The lowest BCUT2D eigenvalue weighted by molar-refractivity contribution is -0.124. The summed E-state index contributed by atoms with van der Waals surface area (Å²) in [5.41, 5.74) is 0. The summed E-state index contributed by atoms with van der Waals surface area (Å²) in [6.07, 6.45) is 1.07. The Labute approximate surface area is 147 Å². The van der Waals surface area contributed by atoms with Gasteiger partial charge < -0.3 is 20.3 Å². The van der Waals surface area contributed by atoms with Gasteiger partial charge in [0.1, 0.15) is 0 Å². The normalized spacial score (nSPS) is 21.6. The van der Waals surface area contributed by atoms with Crippen molar-refractivity contribution in [1.82, 2.24) is 20.4 Å². The standard InChI is InChI=1S/C13H23N5O3.HI/c1-14-12(17(2)8-10-3-6-21-9-10)15-4-5-18-11(19)7-16-13(18)20;/h10H,3-9H2,1-2H3,(H,14,15)(H,16,20);1H. The van der Waals surface area contributed by atoms with Gasteiger partial charge in [0, 0.05) is 46.3 Å². The van der Waals surface area contributed by atoms with Crippen LogP contribution in [0.4, 0.5) is 4.79 Å². The summed E-state index contributed by atoms with van der Waals surface area (Å²) < 4.78 is 5.37. The van der Waals surface area contributed by atoms with Gasteiger partial charge in [0.25, 0.3) is 0 Å². The Hall–Kier alpha value is -1.10. The van der Waals surface area contributed by atoms with E-state index in [2.05, 4.69) is 15.6 Å². The molecule has 2 aliphatic heterocycles. The maximum Gasteiger partial charge on any atom is 0.324 e. The van der Waals surface area contributed by atoms with E-state index in [0.29, 0.717) is 19.0 Å². The number of nitrogens with one attached hydrogen (secondary N) is 2. The van der Waals surface area contributed by atoms with Gasteiger partial charge in [-0.1, -0.05) is 0 Å². The molecule has 2 fully saturated rings. The third-order valence-corrected chi connectivity index (χ3v) is 3.68. The molecule has 8 nitrogen and oxygen atoms in total. The number of hydrogen-bond donors (Lipinski definition) is 2. The molecule has 0 saturated carbocycles. The van der Waals surface area contributed by atoms with Crippen molar-refractivity contribution in [3.05, 3.63) is 0 Å². The first kappa shape index (κ1) is 18.9. The first-order valence-corrected chi connectivity index (χ1v) is 7.19. The maximum atomic E-state index is 11.5. The predicted molar refractivity (Wildman–Crippen MR) is 93.4 cm³/mol. The van der Waals surface area contributed by atoms with Gasteiger partial charge in [-0.25, -0.2) is 4.79 Å². The lowest BCUT2D eigenvalue weighted by Crippen LogP contribution is -2.45. The molecule has 1 unspecified atom stereocenters. The van der Waals surface area contributed by atoms with Gasteiger partial charge in [-0.05, 0) is 6.42 Å². The number of amides is 3. The van der Waals surface area contributed by atoms with Crippen LogP contribution in [0.25, 0.3) is 0 Å². The second-order valence-corrected chi connectivity index (χ2v) is 5.29. The van der Waals surface area contributed by atoms with E-state index in [0.717, 1.165) is 32.1 Å². The fourth-order valence-electron chi connectivity index (χ4n) is 2.55. The van der Waals surface area contributed by atoms with E-state index in [1.54, 1.807) is 7.05 Å². The van der Waals surface area contributed by atoms with Crippen molar-refractivity contribution < 1.29 is 14.3 Å². The topological polar surface area (TPSA) is 86.3 Å². The Bertz CT molecular complexity index is 410. The number of aliphatic imine (C=N–C) groups is 1. The zero-order valence-electron chi connectivity index (χ0n) is 13.0. The van der Waals surface area contributed by atoms with Crippen molar-refractivity contribution in [3.63, 3.8) is 0 Å². The molecule has 9 heteroatoms. The minimum absolute atomic E-state index is 0. The summed E-state index contributed by atoms with van der Waals surface area (Å²) in [5.74, 6) is 1.10. The number of carbonyl (C=O) groups is 2. The van der Waals surface area contributed by atoms with E-state index in [1.165, 1.54) is 4.90 Å². The first-order chi connectivity index (χ1) is 10.1. The number of rotatable bonds is 5. The van der Waals surface area contributed by atoms with Gasteiger partial charge in [-0.2, -0.15) is 0 Å². The van der Waals surface area contributed by atoms with Crippen LogP contribution in [0.5, 0.6) is 0 Å². The summed E-state index contributed by atoms with van der Waals surface area (Å²) in [7, 11) is 3.69. The quantitative estimate of drug-likeness (QED) is 0.274. The monoisotopic (exact) mass is 425 g/mol. The average Bonchev–Trinajstić information content (AvgIpc) is 3.07. The van der Waals surface area contributed by atoms with Crippen molar-refractivity contribution >= 4 is 41.9 Å². The fraction of sp³-hybridized carbons (Fsp3) is 0.769. The summed E-state index contributed by atoms with van der Waals surface area (Å²) in [6, 6.07) is -0.326. The van der Waals surface area contributed by atoms with Crippen LogP contribution in [0.15, 0.2) is 4.99 Å². The van der Waals surface area contributed by atoms with Crippen LogP contribution in [-0.2, 0) is 9.53 Å². The molecule has 0 radical (unpaired) electrons. The van der Waals surface area contributed by atoms with Gasteiger partial charge in [-0.15, -0.1) is 24.0 Å². The number of carbonyl (C=O) groups excluding carboxylic acids is 2. The Kier molecular flexibility index (Phi) is 7.87. The third kappa shape index (κ3) is 4.97. The van der Waals surface area contributed by atoms with Crippen molar-refractivity contribution in [3.8, 4) is 0 Å². The van der Waals surface area contributed by atoms with Crippen molar-refractivity contribution in [2.45, 2.75) is 6.42 Å². The summed E-state index contributed by atoms with van der Waals surface area (Å²) >= 11 is 0. The molecule has 2 heterocycles. The van der Waals surface area contributed by atoms with Crippen molar-refractivity contribution in [2.75, 3.05) is 53.5 Å². The molecule has 126 valence electrons. The average molecular weight is 425 g/mol. The van der Waals surface area contributed by atoms with E-state index in [-0.39, 0.29) is 42.5 Å². The molecule has 2 saturated heterocycles. The van der Waals surface area contributed by atoms with Gasteiger partial charge in [0.15, 0.2) is 5.96 Å². The molecule has 0 bridgehead atoms. The molecule has 2 aliphatic rings. The van der Waals surface area contributed by atoms with Crippen molar-refractivity contribution in [2.24, 2.45) is 10.9 Å². The smallest absolute Gasteiger partial charge is 0.324 e. The maximum absolute atomic E-state index is 11.5. The highest BCUT2D eigenvalue weighted by molar-refractivity contribution is 14.0. The van der Waals surface area contributed by atoms with E-state index < -0.39 is 0 Å². The highest BCUT2D eigenvalue weighted by atomic mass is 127. The second kappa shape index (κ2) is 9.13. The Morgan fingerprint density at radius 1 is 1.55 bits per heavy atom. The van der Waals surface area contributed by atoms with E-state index >= 15 is 0 Å². The largest absolute Gasteiger partial charge is 0.381 e. The summed E-state index contributed by atoms with van der Waals surface area (Å²) in [5, 5.41) is 5.67. The molecule has 22 heavy (non-hydrogen) atoms. The van der Waals surface area contributed by atoms with E-state index in [1.807, 2.05) is 11.9 Å². The molecule has 2 rings (SSSR count). The molecular formula is C13H24IN5O3. The fourth-order valence-corrected chi connectivity index (χ4v) is 2.55. The van der Waals surface area contributed by atoms with Crippen LogP contribution in [0.2, 0.25) is 0 Å². The minimum Gasteiger partial charge on any atom is -0.381 e. The molecule has 0 aromatic carbocycles. The summed E-state index contributed by atoms with van der Waals surface area (Å²) in [6.45, 7) is 3.42. The molecule has 3 amide bonds. The van der Waals surface area contributed by atoms with Gasteiger partial charge >= 0.3 is 6.03 Å². The number of halogens is 1. The predicted octanol–water partition coefficient (Wildman–Crippen LogP) is -0.300. The lowest BCUT2D eigenvalue weighted by atomic mass is 10.1. The molecule has 0 spiro atoms. The van der Waals surface area contributed by atoms with Gasteiger partial charge in [0.05, 0.1) is 13.2 Å². The Balaban J connectivity index is 0.00000242. The molecule has 1 atom stereocenters. The van der Waals surface area contributed by atoms with E-state index in [9.17, 15) is 9.59 Å². The zero-order chi connectivity index (χ0) is 15.2. The van der Waals surface area contributed by atoms with E-state index in [4.69, 9.17) is 4.74 Å². The van der Waals surface area contributed by atoms with Crippen LogP contribution in [0.3, 0.4) is 0 Å². The molecule has 2 N–H and O–H groups in total. The Morgan fingerprint density at radius 2 is 2.32 bits per heavy atom. The number of hydrogen-bond acceptors (Lipinski definition) is 4. The molecule has 0 aliphatic carbocycles.